The molecule has 0 heterocycles. The molecule has 0 aliphatic heterocycles. The summed E-state index contributed by atoms with van der Waals surface area (Å²) in [5.74, 6) is -0.430. The maximum Gasteiger partial charge on any atom is 0.422 e. The van der Waals surface area contributed by atoms with Gasteiger partial charge in [-0.15, -0.1) is 0 Å². The topological polar surface area (TPSA) is 67.2 Å². The zero-order valence-corrected chi connectivity index (χ0v) is 11.4. The van der Waals surface area contributed by atoms with E-state index in [-0.39, 0.29) is 22.0 Å². The van der Waals surface area contributed by atoms with Crippen molar-refractivity contribution in [2.75, 3.05) is 12.4 Å². The molecule has 0 aromatic heterocycles. The average Bonchev–Trinajstić information content (AvgIpc) is 2.35. The predicted molar refractivity (Wildman–Crippen MR) is 65.1 cm³/mol. The Kier molecular flexibility index (Phi) is 5.00. The molecule has 0 saturated heterocycles. The van der Waals surface area contributed by atoms with Crippen LogP contribution >= 0.6 is 0 Å². The van der Waals surface area contributed by atoms with Gasteiger partial charge in [0.1, 0.15) is 11.8 Å². The van der Waals surface area contributed by atoms with Gasteiger partial charge in [0.25, 0.3) is 0 Å². The Hall–Kier alpha value is -1.75. The summed E-state index contributed by atoms with van der Waals surface area (Å²) in [6.45, 7) is 0.125. The van der Waals surface area contributed by atoms with Crippen molar-refractivity contribution in [2.45, 2.75) is 24.4 Å². The van der Waals surface area contributed by atoms with Crippen molar-refractivity contribution in [3.8, 4) is 11.8 Å². The number of benzene rings is 1. The van der Waals surface area contributed by atoms with Crippen LogP contribution in [0.2, 0.25) is 0 Å². The third-order valence-corrected chi connectivity index (χ3v) is 4.24. The Morgan fingerprint density at radius 1 is 1.35 bits per heavy atom. The summed E-state index contributed by atoms with van der Waals surface area (Å²) < 4.78 is 64.5. The van der Waals surface area contributed by atoms with Gasteiger partial charge < -0.3 is 4.74 Å². The van der Waals surface area contributed by atoms with Crippen LogP contribution in [0.4, 0.5) is 13.2 Å². The van der Waals surface area contributed by atoms with Crippen molar-refractivity contribution >= 4 is 9.84 Å². The minimum atomic E-state index is -4.52. The van der Waals surface area contributed by atoms with Crippen LogP contribution in [0.15, 0.2) is 23.1 Å². The van der Waals surface area contributed by atoms with E-state index in [4.69, 9.17) is 5.26 Å². The molecule has 4 nitrogen and oxygen atoms in total. The summed E-state index contributed by atoms with van der Waals surface area (Å²) in [6, 6.07) is 4.92. The minimum Gasteiger partial charge on any atom is -0.484 e. The van der Waals surface area contributed by atoms with Crippen LogP contribution < -0.4 is 4.74 Å². The molecule has 0 N–H and O–H groups in total. The van der Waals surface area contributed by atoms with Gasteiger partial charge in [-0.1, -0.05) is 6.92 Å². The normalized spacial score (nSPS) is 11.9. The maximum atomic E-state index is 12.0. The molecule has 0 saturated carbocycles. The first-order valence-electron chi connectivity index (χ1n) is 5.66. The van der Waals surface area contributed by atoms with Crippen LogP contribution in [-0.4, -0.2) is 27.0 Å². The number of hydrogen-bond donors (Lipinski definition) is 0. The van der Waals surface area contributed by atoms with E-state index in [0.717, 1.165) is 18.2 Å². The summed E-state index contributed by atoms with van der Waals surface area (Å²) in [4.78, 5) is -0.304. The van der Waals surface area contributed by atoms with E-state index in [9.17, 15) is 21.6 Å². The third-order valence-electron chi connectivity index (χ3n) is 2.28. The van der Waals surface area contributed by atoms with Gasteiger partial charge in [0, 0.05) is 6.07 Å². The van der Waals surface area contributed by atoms with Crippen LogP contribution in [0.25, 0.3) is 0 Å². The fourth-order valence-corrected chi connectivity index (χ4v) is 2.99. The number of alkyl halides is 3. The first-order chi connectivity index (χ1) is 9.19. The van der Waals surface area contributed by atoms with Crippen molar-refractivity contribution in [3.05, 3.63) is 23.8 Å². The summed E-state index contributed by atoms with van der Waals surface area (Å²) in [5, 5.41) is 8.86. The summed E-state index contributed by atoms with van der Waals surface area (Å²) >= 11 is 0. The number of hydrogen-bond acceptors (Lipinski definition) is 4. The molecular weight excluding hydrogens is 295 g/mol. The van der Waals surface area contributed by atoms with E-state index in [1.54, 1.807) is 13.0 Å². The zero-order valence-electron chi connectivity index (χ0n) is 10.6. The Balaban J connectivity index is 3.14. The highest BCUT2D eigenvalue weighted by atomic mass is 32.2. The Morgan fingerprint density at radius 3 is 2.50 bits per heavy atom. The van der Waals surface area contributed by atoms with Crippen molar-refractivity contribution in [1.29, 1.82) is 5.26 Å². The molecule has 0 fully saturated rings. The van der Waals surface area contributed by atoms with Crippen molar-refractivity contribution < 1.29 is 26.3 Å². The molecule has 0 aliphatic carbocycles. The van der Waals surface area contributed by atoms with E-state index in [1.807, 2.05) is 0 Å². The molecule has 0 amide bonds. The number of nitriles is 1. The molecular formula is C12H12F3NO3S. The Labute approximate surface area is 114 Å². The molecule has 20 heavy (non-hydrogen) atoms. The van der Waals surface area contributed by atoms with Gasteiger partial charge in [-0.2, -0.15) is 18.4 Å². The largest absolute Gasteiger partial charge is 0.484 e. The number of rotatable bonds is 5. The highest BCUT2D eigenvalue weighted by molar-refractivity contribution is 7.91. The lowest BCUT2D eigenvalue weighted by Crippen LogP contribution is -2.19. The van der Waals surface area contributed by atoms with Crippen molar-refractivity contribution in [1.82, 2.24) is 0 Å². The average molecular weight is 307 g/mol. The molecule has 110 valence electrons. The van der Waals surface area contributed by atoms with Gasteiger partial charge in [0.05, 0.1) is 16.2 Å². The Morgan fingerprint density at radius 2 is 2.00 bits per heavy atom. The quantitative estimate of drug-likeness (QED) is 0.839. The lowest BCUT2D eigenvalue weighted by atomic mass is 10.2. The third kappa shape index (κ3) is 4.42. The predicted octanol–water partition coefficient (Wildman–Crippen LogP) is 2.68. The highest BCUT2D eigenvalue weighted by Gasteiger charge is 2.29. The number of ether oxygens (including phenoxy) is 1. The molecule has 0 radical (unpaired) electrons. The standard InChI is InChI=1S/C12H12F3NO3S/c1-2-5-20(17,18)11-6-10(4-3-9(11)7-16)19-8-12(13,14)15/h3-4,6H,2,5,8H2,1H3. The van der Waals surface area contributed by atoms with Gasteiger partial charge in [-0.3, -0.25) is 0 Å². The SMILES string of the molecule is CCCS(=O)(=O)c1cc(OCC(F)(F)F)ccc1C#N. The fourth-order valence-electron chi connectivity index (χ4n) is 1.49. The van der Waals surface area contributed by atoms with Crippen LogP contribution in [0.1, 0.15) is 18.9 Å². The van der Waals surface area contributed by atoms with Crippen LogP contribution in [0.5, 0.6) is 5.75 Å². The summed E-state index contributed by atoms with van der Waals surface area (Å²) in [7, 11) is -3.71. The molecule has 0 bridgehead atoms. The van der Waals surface area contributed by atoms with Gasteiger partial charge in [-0.25, -0.2) is 8.42 Å². The van der Waals surface area contributed by atoms with Gasteiger partial charge in [0.2, 0.25) is 0 Å². The minimum absolute atomic E-state index is 0.113. The Bertz CT molecular complexity index is 618. The molecule has 8 heteroatoms. The zero-order chi connectivity index (χ0) is 15.4. The highest BCUT2D eigenvalue weighted by Crippen LogP contribution is 2.25. The molecule has 1 rings (SSSR count). The van der Waals surface area contributed by atoms with E-state index in [1.165, 1.54) is 0 Å². The van der Waals surface area contributed by atoms with Gasteiger partial charge >= 0.3 is 6.18 Å². The maximum absolute atomic E-state index is 12.0. The van der Waals surface area contributed by atoms with E-state index in [0.29, 0.717) is 6.42 Å². The second-order valence-corrected chi connectivity index (χ2v) is 6.07. The van der Waals surface area contributed by atoms with E-state index >= 15 is 0 Å². The smallest absolute Gasteiger partial charge is 0.422 e. The van der Waals surface area contributed by atoms with Crippen molar-refractivity contribution in [2.24, 2.45) is 0 Å². The molecule has 0 atom stereocenters. The van der Waals surface area contributed by atoms with Gasteiger partial charge in [-0.05, 0) is 18.6 Å². The number of nitrogens with zero attached hydrogens (tertiary/aromatic N) is 1. The molecule has 0 spiro atoms. The van der Waals surface area contributed by atoms with Crippen LogP contribution in [0, 0.1) is 11.3 Å². The number of halogens is 3. The van der Waals surface area contributed by atoms with E-state index < -0.39 is 22.6 Å². The van der Waals surface area contributed by atoms with E-state index in [2.05, 4.69) is 4.74 Å². The molecule has 1 aromatic carbocycles. The molecule has 1 aromatic rings. The second-order valence-electron chi connectivity index (χ2n) is 3.99. The molecule has 0 aliphatic rings. The number of sulfone groups is 1. The summed E-state index contributed by atoms with van der Waals surface area (Å²) in [6.07, 6.45) is -4.18. The van der Waals surface area contributed by atoms with Gasteiger partial charge in [0.15, 0.2) is 16.4 Å². The lowest BCUT2D eigenvalue weighted by Gasteiger charge is -2.11. The lowest BCUT2D eigenvalue weighted by molar-refractivity contribution is -0.153. The molecule has 0 unspecified atom stereocenters. The summed E-state index contributed by atoms with van der Waals surface area (Å²) in [5.41, 5.74) is -0.113. The first-order valence-corrected chi connectivity index (χ1v) is 7.31. The monoisotopic (exact) mass is 307 g/mol. The fraction of sp³-hybridized carbons (Fsp3) is 0.417. The van der Waals surface area contributed by atoms with Crippen LogP contribution in [0.3, 0.4) is 0 Å². The second kappa shape index (κ2) is 6.13. The van der Waals surface area contributed by atoms with Crippen LogP contribution in [-0.2, 0) is 9.84 Å². The first kappa shape index (κ1) is 16.3. The van der Waals surface area contributed by atoms with Crippen molar-refractivity contribution in [3.63, 3.8) is 0 Å².